The molecule has 1 aliphatic carbocycles. The average Bonchev–Trinajstić information content (AvgIpc) is 3.48. The van der Waals surface area contributed by atoms with Crippen LogP contribution in [0.2, 0.25) is 0 Å². The molecule has 1 fully saturated rings. The van der Waals surface area contributed by atoms with E-state index in [4.69, 9.17) is 19.0 Å². The standard InChI is InChI=1S/C26H25N3O5/c1-32-19-10-7-16(8-11-19)22-23-25(29-18-9-12-20(13-18)33-14-21(30)31)27-15-28-26(23)34-24(22)17-5-3-2-4-6-17/h2-8,10-11,15,18,20H,9,12-14H2,1H3,(H,30,31)(H,27,28,29)/t18-,20-/m1/s1. The van der Waals surface area contributed by atoms with Gasteiger partial charge < -0.3 is 24.3 Å². The first-order valence-electron chi connectivity index (χ1n) is 11.2. The molecule has 1 aliphatic rings. The molecular formula is C26H25N3O5. The van der Waals surface area contributed by atoms with Crippen molar-refractivity contribution < 1.29 is 23.8 Å². The second-order valence-electron chi connectivity index (χ2n) is 8.28. The molecule has 0 spiro atoms. The van der Waals surface area contributed by atoms with Gasteiger partial charge in [0.1, 0.15) is 30.3 Å². The molecule has 2 aromatic heterocycles. The van der Waals surface area contributed by atoms with Crippen LogP contribution in [0.1, 0.15) is 19.3 Å². The summed E-state index contributed by atoms with van der Waals surface area (Å²) in [5.41, 5.74) is 3.31. The smallest absolute Gasteiger partial charge is 0.329 e. The first kappa shape index (κ1) is 21.9. The fourth-order valence-corrected chi connectivity index (χ4v) is 4.47. The monoisotopic (exact) mass is 459 g/mol. The molecule has 2 heterocycles. The van der Waals surface area contributed by atoms with E-state index in [0.29, 0.717) is 18.0 Å². The lowest BCUT2D eigenvalue weighted by atomic mass is 9.99. The van der Waals surface area contributed by atoms with Gasteiger partial charge in [0, 0.05) is 17.2 Å². The molecule has 8 nitrogen and oxygen atoms in total. The summed E-state index contributed by atoms with van der Waals surface area (Å²) in [6, 6.07) is 17.9. The Bertz CT molecular complexity index is 1290. The van der Waals surface area contributed by atoms with Crippen molar-refractivity contribution in [1.29, 1.82) is 0 Å². The zero-order valence-electron chi connectivity index (χ0n) is 18.7. The second kappa shape index (κ2) is 9.52. The van der Waals surface area contributed by atoms with Gasteiger partial charge in [-0.05, 0) is 37.0 Å². The van der Waals surface area contributed by atoms with Gasteiger partial charge in [0.15, 0.2) is 0 Å². The summed E-state index contributed by atoms with van der Waals surface area (Å²) in [5, 5.41) is 13.2. The minimum absolute atomic E-state index is 0.0868. The molecule has 1 saturated carbocycles. The largest absolute Gasteiger partial charge is 0.497 e. The lowest BCUT2D eigenvalue weighted by Crippen LogP contribution is -2.20. The van der Waals surface area contributed by atoms with E-state index in [0.717, 1.165) is 46.4 Å². The van der Waals surface area contributed by atoms with Crippen LogP contribution in [-0.4, -0.2) is 46.9 Å². The van der Waals surface area contributed by atoms with Gasteiger partial charge in [-0.25, -0.2) is 14.8 Å². The minimum atomic E-state index is -0.954. The van der Waals surface area contributed by atoms with Gasteiger partial charge in [0.2, 0.25) is 5.71 Å². The van der Waals surface area contributed by atoms with Crippen molar-refractivity contribution in [2.24, 2.45) is 0 Å². The summed E-state index contributed by atoms with van der Waals surface area (Å²) < 4.78 is 17.1. The maximum atomic E-state index is 10.8. The Morgan fingerprint density at radius 2 is 1.88 bits per heavy atom. The van der Waals surface area contributed by atoms with Gasteiger partial charge in [-0.2, -0.15) is 0 Å². The number of carbonyl (C=O) groups is 1. The molecule has 2 aromatic carbocycles. The van der Waals surface area contributed by atoms with E-state index >= 15 is 0 Å². The number of methoxy groups -OCH3 is 1. The van der Waals surface area contributed by atoms with Crippen molar-refractivity contribution in [3.63, 3.8) is 0 Å². The van der Waals surface area contributed by atoms with Crippen molar-refractivity contribution in [3.05, 3.63) is 60.9 Å². The van der Waals surface area contributed by atoms with Crippen LogP contribution in [0.3, 0.4) is 0 Å². The van der Waals surface area contributed by atoms with E-state index in [1.807, 2.05) is 54.6 Å². The van der Waals surface area contributed by atoms with Crippen LogP contribution >= 0.6 is 0 Å². The highest BCUT2D eigenvalue weighted by molar-refractivity contribution is 6.05. The van der Waals surface area contributed by atoms with E-state index in [-0.39, 0.29) is 18.8 Å². The molecular weight excluding hydrogens is 434 g/mol. The van der Waals surface area contributed by atoms with E-state index in [9.17, 15) is 4.79 Å². The molecule has 0 bridgehead atoms. The lowest BCUT2D eigenvalue weighted by molar-refractivity contribution is -0.144. The predicted octanol–water partition coefficient (Wildman–Crippen LogP) is 5.00. The van der Waals surface area contributed by atoms with Gasteiger partial charge in [0.05, 0.1) is 18.6 Å². The van der Waals surface area contributed by atoms with Gasteiger partial charge >= 0.3 is 5.97 Å². The highest BCUT2D eigenvalue weighted by Gasteiger charge is 2.28. The van der Waals surface area contributed by atoms with Gasteiger partial charge in [-0.1, -0.05) is 42.5 Å². The number of ether oxygens (including phenoxy) is 2. The molecule has 4 aromatic rings. The summed E-state index contributed by atoms with van der Waals surface area (Å²) >= 11 is 0. The molecule has 2 atom stereocenters. The number of furan rings is 1. The van der Waals surface area contributed by atoms with E-state index in [1.165, 1.54) is 6.33 Å². The number of nitrogens with one attached hydrogen (secondary N) is 1. The van der Waals surface area contributed by atoms with Gasteiger partial charge in [-0.15, -0.1) is 0 Å². The van der Waals surface area contributed by atoms with Crippen LogP contribution in [0.5, 0.6) is 5.75 Å². The van der Waals surface area contributed by atoms with Crippen molar-refractivity contribution in [2.75, 3.05) is 19.0 Å². The fourth-order valence-electron chi connectivity index (χ4n) is 4.47. The first-order valence-corrected chi connectivity index (χ1v) is 11.2. The molecule has 0 aliphatic heterocycles. The minimum Gasteiger partial charge on any atom is -0.497 e. The number of rotatable bonds is 8. The third kappa shape index (κ3) is 4.45. The van der Waals surface area contributed by atoms with Gasteiger partial charge in [-0.3, -0.25) is 0 Å². The number of fused-ring (bicyclic) bond motifs is 1. The van der Waals surface area contributed by atoms with E-state index in [1.54, 1.807) is 7.11 Å². The second-order valence-corrected chi connectivity index (χ2v) is 8.28. The van der Waals surface area contributed by atoms with Crippen LogP contribution in [0.25, 0.3) is 33.6 Å². The molecule has 0 amide bonds. The van der Waals surface area contributed by atoms with Crippen LogP contribution in [0.4, 0.5) is 5.82 Å². The van der Waals surface area contributed by atoms with E-state index in [2.05, 4.69) is 15.3 Å². The van der Waals surface area contributed by atoms with Crippen LogP contribution in [0.15, 0.2) is 65.3 Å². The molecule has 0 unspecified atom stereocenters. The Labute approximate surface area is 196 Å². The SMILES string of the molecule is COc1ccc(-c2c(-c3ccccc3)oc3ncnc(N[C@@H]4CC[C@@H](OCC(=O)O)C4)c23)cc1. The van der Waals surface area contributed by atoms with Gasteiger partial charge in [0.25, 0.3) is 0 Å². The summed E-state index contributed by atoms with van der Waals surface area (Å²) in [5.74, 6) is 1.22. The molecule has 5 rings (SSSR count). The maximum absolute atomic E-state index is 10.8. The molecule has 34 heavy (non-hydrogen) atoms. The quantitative estimate of drug-likeness (QED) is 0.379. The normalized spacial score (nSPS) is 17.7. The van der Waals surface area contributed by atoms with Crippen LogP contribution < -0.4 is 10.1 Å². The molecule has 2 N–H and O–H groups in total. The average molecular weight is 460 g/mol. The van der Waals surface area contributed by atoms with Crippen molar-refractivity contribution in [2.45, 2.75) is 31.4 Å². The first-order chi connectivity index (χ1) is 16.6. The Balaban J connectivity index is 1.55. The molecule has 8 heteroatoms. The number of benzene rings is 2. The lowest BCUT2D eigenvalue weighted by Gasteiger charge is -2.15. The number of anilines is 1. The Morgan fingerprint density at radius 1 is 1.09 bits per heavy atom. The molecule has 174 valence electrons. The zero-order valence-corrected chi connectivity index (χ0v) is 18.7. The summed E-state index contributed by atoms with van der Waals surface area (Å²) in [6.07, 6.45) is 3.77. The number of hydrogen-bond donors (Lipinski definition) is 2. The number of nitrogens with zero attached hydrogens (tertiary/aromatic N) is 2. The number of aliphatic carboxylic acids is 1. The fraction of sp³-hybridized carbons (Fsp3) is 0.269. The third-order valence-electron chi connectivity index (χ3n) is 6.07. The number of carboxylic acid groups (broad SMARTS) is 1. The predicted molar refractivity (Wildman–Crippen MR) is 128 cm³/mol. The Kier molecular flexibility index (Phi) is 6.14. The number of hydrogen-bond acceptors (Lipinski definition) is 7. The maximum Gasteiger partial charge on any atom is 0.329 e. The Hall–Kier alpha value is -3.91. The zero-order chi connectivity index (χ0) is 23.5. The molecule has 0 radical (unpaired) electrons. The van der Waals surface area contributed by atoms with Crippen LogP contribution in [0, 0.1) is 0 Å². The molecule has 0 saturated heterocycles. The summed E-state index contributed by atoms with van der Waals surface area (Å²) in [6.45, 7) is -0.279. The third-order valence-corrected chi connectivity index (χ3v) is 6.07. The highest BCUT2D eigenvalue weighted by Crippen LogP contribution is 2.43. The Morgan fingerprint density at radius 3 is 2.62 bits per heavy atom. The van der Waals surface area contributed by atoms with Crippen molar-refractivity contribution >= 4 is 22.9 Å². The number of aromatic nitrogens is 2. The van der Waals surface area contributed by atoms with E-state index < -0.39 is 5.97 Å². The summed E-state index contributed by atoms with van der Waals surface area (Å²) in [7, 11) is 1.64. The topological polar surface area (TPSA) is 107 Å². The summed E-state index contributed by atoms with van der Waals surface area (Å²) in [4.78, 5) is 19.8. The highest BCUT2D eigenvalue weighted by atomic mass is 16.5. The van der Waals surface area contributed by atoms with Crippen molar-refractivity contribution in [3.8, 4) is 28.2 Å². The van der Waals surface area contributed by atoms with Crippen molar-refractivity contribution in [1.82, 2.24) is 9.97 Å². The number of carboxylic acids is 1. The van der Waals surface area contributed by atoms with Crippen LogP contribution in [-0.2, 0) is 9.53 Å².